The Bertz CT molecular complexity index is 118. The van der Waals surface area contributed by atoms with Gasteiger partial charge in [0.25, 0.3) is 0 Å². The number of ether oxygens (including phenoxy) is 1. The smallest absolute Gasteiger partial charge is 0.409 e. The molecule has 0 aliphatic carbocycles. The van der Waals surface area contributed by atoms with Gasteiger partial charge in [0.2, 0.25) is 0 Å². The van der Waals surface area contributed by atoms with E-state index in [-0.39, 0.29) is 0 Å². The molecule has 8 heavy (non-hydrogen) atoms. The molecule has 0 aromatic carbocycles. The zero-order chi connectivity index (χ0) is 6.57. The highest BCUT2D eigenvalue weighted by atomic mass is 16.5. The van der Waals surface area contributed by atoms with Gasteiger partial charge in [0.1, 0.15) is 5.76 Å². The molecule has 0 rings (SSSR count). The van der Waals surface area contributed by atoms with Crippen LogP contribution >= 0.6 is 0 Å². The first-order valence-electron chi connectivity index (χ1n) is 2.27. The van der Waals surface area contributed by atoms with Crippen molar-refractivity contribution >= 4 is 6.09 Å². The van der Waals surface area contributed by atoms with Crippen molar-refractivity contribution in [1.82, 2.24) is 0 Å². The summed E-state index contributed by atoms with van der Waals surface area (Å²) in [6.45, 7) is 3.42. The molecule has 0 radical (unpaired) electrons. The van der Waals surface area contributed by atoms with Crippen molar-refractivity contribution in [2.75, 3.05) is 0 Å². The summed E-state index contributed by atoms with van der Waals surface area (Å²) in [5, 5.41) is 0. The predicted octanol–water partition coefficient (Wildman–Crippen LogP) is 1.01. The number of carbonyl (C=O) groups excluding carboxylic acids is 1. The first kappa shape index (κ1) is 7.01. The van der Waals surface area contributed by atoms with E-state index < -0.39 is 6.09 Å². The molecule has 3 nitrogen and oxygen atoms in total. The Morgan fingerprint density at radius 3 is 2.38 bits per heavy atom. The lowest BCUT2D eigenvalue weighted by Crippen LogP contribution is -2.11. The number of allylic oxidation sites excluding steroid dienone is 2. The number of amides is 1. The molecular formula is C5H9NO2. The molecule has 2 N–H and O–H groups in total. The molecule has 0 fully saturated rings. The first-order chi connectivity index (χ1) is 3.66. The molecule has 0 aromatic rings. The number of hydrogen-bond acceptors (Lipinski definition) is 2. The molecule has 3 heteroatoms. The van der Waals surface area contributed by atoms with Crippen LogP contribution in [0.25, 0.3) is 0 Å². The number of rotatable bonds is 1. The molecule has 0 bridgehead atoms. The molecule has 1 amide bonds. The van der Waals surface area contributed by atoms with Crippen molar-refractivity contribution in [3.63, 3.8) is 0 Å². The van der Waals surface area contributed by atoms with Crippen molar-refractivity contribution in [3.8, 4) is 0 Å². The quantitative estimate of drug-likeness (QED) is 0.518. The van der Waals surface area contributed by atoms with E-state index in [1.165, 1.54) is 0 Å². The van der Waals surface area contributed by atoms with Crippen LogP contribution in [0, 0.1) is 0 Å². The monoisotopic (exact) mass is 115 g/mol. The Kier molecular flexibility index (Phi) is 2.69. The second-order valence-electron chi connectivity index (χ2n) is 1.32. The van der Waals surface area contributed by atoms with Crippen LogP contribution in [0.15, 0.2) is 11.8 Å². The van der Waals surface area contributed by atoms with Crippen LogP contribution in [0.3, 0.4) is 0 Å². The Hall–Kier alpha value is -0.990. The standard InChI is InChI=1S/C5H9NO2/c1-3-4(2)8-5(6)7/h3H,1-2H3,(H2,6,7)/b4-3+. The largest absolute Gasteiger partial charge is 0.416 e. The van der Waals surface area contributed by atoms with E-state index in [9.17, 15) is 4.79 Å². The van der Waals surface area contributed by atoms with Crippen LogP contribution < -0.4 is 5.73 Å². The third-order valence-electron chi connectivity index (χ3n) is 0.668. The van der Waals surface area contributed by atoms with Crippen molar-refractivity contribution < 1.29 is 9.53 Å². The zero-order valence-corrected chi connectivity index (χ0v) is 4.97. The van der Waals surface area contributed by atoms with Crippen LogP contribution in [0.4, 0.5) is 4.79 Å². The summed E-state index contributed by atoms with van der Waals surface area (Å²) in [6, 6.07) is 0. The Morgan fingerprint density at radius 1 is 1.75 bits per heavy atom. The molecule has 0 aliphatic rings. The van der Waals surface area contributed by atoms with Gasteiger partial charge in [-0.1, -0.05) is 0 Å². The summed E-state index contributed by atoms with van der Waals surface area (Å²) in [5.74, 6) is 0.525. The maximum absolute atomic E-state index is 9.93. The van der Waals surface area contributed by atoms with Crippen LogP contribution in [0.5, 0.6) is 0 Å². The summed E-state index contributed by atoms with van der Waals surface area (Å²) in [4.78, 5) is 9.93. The Labute approximate surface area is 48.1 Å². The SMILES string of the molecule is C/C=C(\C)OC(N)=O. The summed E-state index contributed by atoms with van der Waals surface area (Å²) in [5.41, 5.74) is 4.67. The van der Waals surface area contributed by atoms with Gasteiger partial charge >= 0.3 is 6.09 Å². The summed E-state index contributed by atoms with van der Waals surface area (Å²) in [7, 11) is 0. The highest BCUT2D eigenvalue weighted by Crippen LogP contribution is 1.91. The number of primary amides is 1. The minimum atomic E-state index is -0.763. The van der Waals surface area contributed by atoms with Gasteiger partial charge in [-0.15, -0.1) is 0 Å². The summed E-state index contributed by atoms with van der Waals surface area (Å²) in [6.07, 6.45) is 0.894. The van der Waals surface area contributed by atoms with E-state index in [2.05, 4.69) is 10.5 Å². The number of nitrogens with two attached hydrogens (primary N) is 1. The third kappa shape index (κ3) is 3.21. The zero-order valence-electron chi connectivity index (χ0n) is 4.97. The second kappa shape index (κ2) is 3.07. The van der Waals surface area contributed by atoms with Gasteiger partial charge in [0.15, 0.2) is 0 Å². The molecular weight excluding hydrogens is 106 g/mol. The summed E-state index contributed by atoms with van der Waals surface area (Å²) >= 11 is 0. The van der Waals surface area contributed by atoms with Gasteiger partial charge in [-0.25, -0.2) is 4.79 Å². The molecule has 46 valence electrons. The van der Waals surface area contributed by atoms with Crippen LogP contribution in [-0.2, 0) is 4.74 Å². The highest BCUT2D eigenvalue weighted by molar-refractivity contribution is 5.65. The second-order valence-corrected chi connectivity index (χ2v) is 1.32. The van der Waals surface area contributed by atoms with E-state index in [1.54, 1.807) is 19.9 Å². The lowest BCUT2D eigenvalue weighted by atomic mass is 10.5. The molecule has 0 aliphatic heterocycles. The van der Waals surface area contributed by atoms with E-state index >= 15 is 0 Å². The molecule has 0 saturated heterocycles. The van der Waals surface area contributed by atoms with Crippen LogP contribution in [0.1, 0.15) is 13.8 Å². The Balaban J connectivity index is 3.56. The lowest BCUT2D eigenvalue weighted by molar-refractivity contribution is 0.187. The minimum Gasteiger partial charge on any atom is -0.416 e. The molecule has 0 unspecified atom stereocenters. The minimum absolute atomic E-state index is 0.525. The third-order valence-corrected chi connectivity index (χ3v) is 0.668. The Morgan fingerprint density at radius 2 is 2.25 bits per heavy atom. The topological polar surface area (TPSA) is 52.3 Å². The van der Waals surface area contributed by atoms with E-state index in [0.29, 0.717) is 5.76 Å². The highest BCUT2D eigenvalue weighted by Gasteiger charge is 1.90. The van der Waals surface area contributed by atoms with Gasteiger partial charge in [-0.3, -0.25) is 0 Å². The number of carbonyl (C=O) groups is 1. The van der Waals surface area contributed by atoms with Gasteiger partial charge in [-0.05, 0) is 19.9 Å². The summed E-state index contributed by atoms with van der Waals surface area (Å²) < 4.78 is 4.40. The molecule has 0 aromatic heterocycles. The normalized spacial score (nSPS) is 11.0. The average Bonchev–Trinajstić information content (AvgIpc) is 1.65. The molecule has 0 atom stereocenters. The maximum atomic E-state index is 9.93. The van der Waals surface area contributed by atoms with Crippen molar-refractivity contribution in [2.45, 2.75) is 13.8 Å². The van der Waals surface area contributed by atoms with Crippen molar-refractivity contribution in [1.29, 1.82) is 0 Å². The fourth-order valence-corrected chi connectivity index (χ4v) is 0.218. The van der Waals surface area contributed by atoms with Crippen molar-refractivity contribution in [3.05, 3.63) is 11.8 Å². The van der Waals surface area contributed by atoms with Gasteiger partial charge in [-0.2, -0.15) is 0 Å². The van der Waals surface area contributed by atoms with E-state index in [4.69, 9.17) is 0 Å². The average molecular weight is 115 g/mol. The predicted molar refractivity (Wildman–Crippen MR) is 30.1 cm³/mol. The molecule has 0 heterocycles. The van der Waals surface area contributed by atoms with Crippen LogP contribution in [-0.4, -0.2) is 6.09 Å². The van der Waals surface area contributed by atoms with Gasteiger partial charge in [0, 0.05) is 0 Å². The van der Waals surface area contributed by atoms with E-state index in [0.717, 1.165) is 0 Å². The fraction of sp³-hybridized carbons (Fsp3) is 0.400. The van der Waals surface area contributed by atoms with Crippen LogP contribution in [0.2, 0.25) is 0 Å². The number of hydrogen-bond donors (Lipinski definition) is 1. The molecule has 0 spiro atoms. The first-order valence-corrected chi connectivity index (χ1v) is 2.27. The van der Waals surface area contributed by atoms with E-state index in [1.807, 2.05) is 0 Å². The van der Waals surface area contributed by atoms with Gasteiger partial charge in [0.05, 0.1) is 0 Å². The molecule has 0 saturated carbocycles. The fourth-order valence-electron chi connectivity index (χ4n) is 0.218. The maximum Gasteiger partial charge on any atom is 0.409 e. The van der Waals surface area contributed by atoms with Crippen molar-refractivity contribution in [2.24, 2.45) is 5.73 Å². The lowest BCUT2D eigenvalue weighted by Gasteiger charge is -1.95. The van der Waals surface area contributed by atoms with Gasteiger partial charge < -0.3 is 10.5 Å².